The highest BCUT2D eigenvalue weighted by Gasteiger charge is 2.35. The minimum atomic E-state index is -1.02. The first-order valence-corrected chi connectivity index (χ1v) is 3.91. The van der Waals surface area contributed by atoms with Crippen LogP contribution in [0.1, 0.15) is 26.7 Å². The Bertz CT molecular complexity index is 117. The maximum absolute atomic E-state index is 13.3. The predicted molar refractivity (Wildman–Crippen MR) is 40.8 cm³/mol. The summed E-state index contributed by atoms with van der Waals surface area (Å²) in [5, 5.41) is 0. The molecule has 0 aromatic rings. The quantitative estimate of drug-likeness (QED) is 0.544. The van der Waals surface area contributed by atoms with Gasteiger partial charge in [-0.25, -0.2) is 4.39 Å². The number of nitrogens with zero attached hydrogens (tertiary/aromatic N) is 1. The van der Waals surface area contributed by atoms with Crippen molar-refractivity contribution >= 4 is 0 Å². The fourth-order valence-corrected chi connectivity index (χ4v) is 1.78. The summed E-state index contributed by atoms with van der Waals surface area (Å²) in [4.78, 5) is 2.11. The molecule has 0 aromatic carbocycles. The third kappa shape index (κ3) is 1.48. The van der Waals surface area contributed by atoms with Gasteiger partial charge in [-0.05, 0) is 40.3 Å². The molecule has 10 heavy (non-hydrogen) atoms. The molecule has 2 heteroatoms. The lowest BCUT2D eigenvalue weighted by Crippen LogP contribution is -2.40. The minimum absolute atomic E-state index is 0.146. The zero-order valence-electron chi connectivity index (χ0n) is 7.02. The maximum atomic E-state index is 13.3. The van der Waals surface area contributed by atoms with Crippen molar-refractivity contribution in [2.24, 2.45) is 0 Å². The van der Waals surface area contributed by atoms with Crippen LogP contribution in [0, 0.1) is 0 Å². The Morgan fingerprint density at radius 1 is 1.50 bits per heavy atom. The molecule has 0 N–H and O–H groups in total. The Kier molecular flexibility index (Phi) is 1.99. The first-order chi connectivity index (χ1) is 4.52. The molecule has 60 valence electrons. The summed E-state index contributed by atoms with van der Waals surface area (Å²) in [5.74, 6) is 0. The summed E-state index contributed by atoms with van der Waals surface area (Å²) < 4.78 is 13.3. The van der Waals surface area contributed by atoms with E-state index in [-0.39, 0.29) is 6.04 Å². The Morgan fingerprint density at radius 3 is 2.30 bits per heavy atom. The van der Waals surface area contributed by atoms with Crippen molar-refractivity contribution in [1.29, 1.82) is 0 Å². The number of halogens is 1. The second kappa shape index (κ2) is 2.50. The number of likely N-dealkylation sites (tertiary alicyclic amines) is 1. The normalized spacial score (nSPS) is 29.4. The van der Waals surface area contributed by atoms with Gasteiger partial charge < -0.3 is 4.90 Å². The lowest BCUT2D eigenvalue weighted by molar-refractivity contribution is 0.0945. The van der Waals surface area contributed by atoms with Gasteiger partial charge in [0.25, 0.3) is 0 Å². The second-order valence-electron chi connectivity index (χ2n) is 3.70. The van der Waals surface area contributed by atoms with Gasteiger partial charge in [0, 0.05) is 6.04 Å². The molecule has 0 spiro atoms. The van der Waals surface area contributed by atoms with Crippen LogP contribution in [-0.2, 0) is 0 Å². The van der Waals surface area contributed by atoms with Crippen LogP contribution >= 0.6 is 0 Å². The van der Waals surface area contributed by atoms with Crippen LogP contribution in [0.15, 0.2) is 0 Å². The van der Waals surface area contributed by atoms with Crippen molar-refractivity contribution in [2.75, 3.05) is 13.6 Å². The molecule has 1 heterocycles. The van der Waals surface area contributed by atoms with E-state index in [0.717, 1.165) is 19.4 Å². The Labute approximate surface area is 62.2 Å². The lowest BCUT2D eigenvalue weighted by Gasteiger charge is -2.28. The molecule has 0 radical (unpaired) electrons. The predicted octanol–water partition coefficient (Wildman–Crippen LogP) is 1.83. The van der Waals surface area contributed by atoms with Crippen LogP contribution in [-0.4, -0.2) is 30.2 Å². The van der Waals surface area contributed by atoms with Gasteiger partial charge in [0.05, 0.1) is 0 Å². The first-order valence-electron chi connectivity index (χ1n) is 3.91. The van der Waals surface area contributed by atoms with Gasteiger partial charge in [-0.2, -0.15) is 0 Å². The summed E-state index contributed by atoms with van der Waals surface area (Å²) in [6.45, 7) is 4.39. The van der Waals surface area contributed by atoms with Gasteiger partial charge in [-0.1, -0.05) is 0 Å². The summed E-state index contributed by atoms with van der Waals surface area (Å²) >= 11 is 0. The Balaban J connectivity index is 2.55. The molecule has 0 saturated carbocycles. The Morgan fingerprint density at radius 2 is 2.10 bits per heavy atom. The van der Waals surface area contributed by atoms with Gasteiger partial charge in [0.15, 0.2) is 0 Å². The molecule has 0 amide bonds. The molecule has 0 bridgehead atoms. The number of alkyl halides is 1. The van der Waals surface area contributed by atoms with Crippen LogP contribution in [0.4, 0.5) is 4.39 Å². The molecule has 1 rings (SSSR count). The fourth-order valence-electron chi connectivity index (χ4n) is 1.78. The third-order valence-corrected chi connectivity index (χ3v) is 2.31. The largest absolute Gasteiger partial charge is 0.300 e. The lowest BCUT2D eigenvalue weighted by atomic mass is 9.99. The highest BCUT2D eigenvalue weighted by Crippen LogP contribution is 2.27. The van der Waals surface area contributed by atoms with Gasteiger partial charge in [0.1, 0.15) is 5.67 Å². The number of rotatable bonds is 1. The van der Waals surface area contributed by atoms with Crippen molar-refractivity contribution in [3.05, 3.63) is 0 Å². The number of hydrogen-bond donors (Lipinski definition) is 0. The van der Waals surface area contributed by atoms with Crippen molar-refractivity contribution < 1.29 is 4.39 Å². The van der Waals surface area contributed by atoms with E-state index in [1.165, 1.54) is 0 Å². The van der Waals surface area contributed by atoms with Gasteiger partial charge in [0.2, 0.25) is 0 Å². The van der Waals surface area contributed by atoms with Gasteiger partial charge >= 0.3 is 0 Å². The van der Waals surface area contributed by atoms with Crippen LogP contribution < -0.4 is 0 Å². The highest BCUT2D eigenvalue weighted by atomic mass is 19.1. The third-order valence-electron chi connectivity index (χ3n) is 2.31. The molecule has 1 atom stereocenters. The maximum Gasteiger partial charge on any atom is 0.120 e. The molecule has 1 nitrogen and oxygen atoms in total. The van der Waals surface area contributed by atoms with Gasteiger partial charge in [-0.3, -0.25) is 0 Å². The molecule has 0 unspecified atom stereocenters. The van der Waals surface area contributed by atoms with Crippen LogP contribution in [0.2, 0.25) is 0 Å². The fraction of sp³-hybridized carbons (Fsp3) is 1.00. The van der Waals surface area contributed by atoms with E-state index in [9.17, 15) is 4.39 Å². The molecule has 1 saturated heterocycles. The Hall–Kier alpha value is -0.110. The summed E-state index contributed by atoms with van der Waals surface area (Å²) in [6.07, 6.45) is 2.16. The molecule has 1 fully saturated rings. The van der Waals surface area contributed by atoms with Crippen molar-refractivity contribution in [3.8, 4) is 0 Å². The van der Waals surface area contributed by atoms with Crippen molar-refractivity contribution in [2.45, 2.75) is 38.4 Å². The summed E-state index contributed by atoms with van der Waals surface area (Å²) in [6, 6.07) is 0.146. The van der Waals surface area contributed by atoms with E-state index in [1.807, 2.05) is 7.05 Å². The number of hydrogen-bond acceptors (Lipinski definition) is 1. The van der Waals surface area contributed by atoms with Crippen LogP contribution in [0.5, 0.6) is 0 Å². The van der Waals surface area contributed by atoms with Gasteiger partial charge in [-0.15, -0.1) is 0 Å². The van der Waals surface area contributed by atoms with E-state index in [2.05, 4.69) is 4.90 Å². The molecular weight excluding hydrogens is 129 g/mol. The molecule has 0 aliphatic carbocycles. The van der Waals surface area contributed by atoms with Crippen molar-refractivity contribution in [1.82, 2.24) is 4.90 Å². The second-order valence-corrected chi connectivity index (χ2v) is 3.70. The monoisotopic (exact) mass is 145 g/mol. The standard InChI is InChI=1S/C8H16FN/c1-8(2,9)7-5-4-6-10(7)3/h7H,4-6H2,1-3H3/t7-/m0/s1. The van der Waals surface area contributed by atoms with E-state index >= 15 is 0 Å². The summed E-state index contributed by atoms with van der Waals surface area (Å²) in [7, 11) is 2.00. The molecule has 1 aliphatic rings. The minimum Gasteiger partial charge on any atom is -0.300 e. The topological polar surface area (TPSA) is 3.24 Å². The molecular formula is C8H16FN. The zero-order valence-corrected chi connectivity index (χ0v) is 7.02. The summed E-state index contributed by atoms with van der Waals surface area (Å²) in [5.41, 5.74) is -1.02. The van der Waals surface area contributed by atoms with Crippen molar-refractivity contribution in [3.63, 3.8) is 0 Å². The van der Waals surface area contributed by atoms with Crippen LogP contribution in [0.25, 0.3) is 0 Å². The highest BCUT2D eigenvalue weighted by molar-refractivity contribution is 4.89. The van der Waals surface area contributed by atoms with Crippen LogP contribution in [0.3, 0.4) is 0 Å². The average molecular weight is 145 g/mol. The zero-order chi connectivity index (χ0) is 7.78. The smallest absolute Gasteiger partial charge is 0.120 e. The van der Waals surface area contributed by atoms with E-state index in [4.69, 9.17) is 0 Å². The van der Waals surface area contributed by atoms with E-state index < -0.39 is 5.67 Å². The SMILES string of the molecule is CN1CCC[C@H]1C(C)(C)F. The van der Waals surface area contributed by atoms with E-state index in [0.29, 0.717) is 0 Å². The van der Waals surface area contributed by atoms with E-state index in [1.54, 1.807) is 13.8 Å². The molecule has 1 aliphatic heterocycles. The first kappa shape index (κ1) is 7.99. The molecule has 0 aromatic heterocycles. The average Bonchev–Trinajstić information content (AvgIpc) is 2.11.